The van der Waals surface area contributed by atoms with Crippen molar-refractivity contribution in [3.8, 4) is 0 Å². The van der Waals surface area contributed by atoms with Gasteiger partial charge in [0.1, 0.15) is 0 Å². The number of likely N-dealkylation sites (N-methyl/N-ethyl adjacent to an activating group) is 2. The smallest absolute Gasteiger partial charge is 0.0591 e. The Kier molecular flexibility index (Phi) is 7.77. The maximum absolute atomic E-state index is 5.19. The molecule has 0 amide bonds. The Hall–Kier alpha value is -0.120. The third-order valence-corrected chi connectivity index (χ3v) is 0.993. The third kappa shape index (κ3) is 7.88. The Morgan fingerprint density at radius 3 is 1.78 bits per heavy atom. The molecule has 0 atom stereocenters. The molecular formula is C6H16N2O. The monoisotopic (exact) mass is 132 g/mol. The molecule has 0 heterocycles. The summed E-state index contributed by atoms with van der Waals surface area (Å²) >= 11 is 0. The molecule has 0 aromatic rings. The van der Waals surface area contributed by atoms with Crippen LogP contribution in [0.3, 0.4) is 0 Å². The van der Waals surface area contributed by atoms with E-state index in [9.17, 15) is 0 Å². The first-order valence-electron chi connectivity index (χ1n) is 3.28. The van der Waals surface area contributed by atoms with Crippen molar-refractivity contribution >= 4 is 0 Å². The first-order valence-corrected chi connectivity index (χ1v) is 3.28. The van der Waals surface area contributed by atoms with Gasteiger partial charge in [-0.1, -0.05) is 0 Å². The summed E-state index contributed by atoms with van der Waals surface area (Å²) in [6, 6.07) is 0. The molecular weight excluding hydrogens is 116 g/mol. The van der Waals surface area contributed by atoms with Crippen LogP contribution in [0.4, 0.5) is 0 Å². The summed E-state index contributed by atoms with van der Waals surface area (Å²) in [7, 11) is 3.84. The van der Waals surface area contributed by atoms with Crippen molar-refractivity contribution in [2.45, 2.75) is 0 Å². The van der Waals surface area contributed by atoms with E-state index in [1.807, 2.05) is 14.1 Å². The van der Waals surface area contributed by atoms with Crippen LogP contribution >= 0.6 is 0 Å². The quantitative estimate of drug-likeness (QED) is 0.475. The number of hydrogen-bond acceptors (Lipinski definition) is 3. The molecule has 0 spiro atoms. The average Bonchev–Trinajstić information content (AvgIpc) is 1.89. The van der Waals surface area contributed by atoms with Gasteiger partial charge in [-0.15, -0.1) is 0 Å². The molecule has 3 heteroatoms. The zero-order valence-corrected chi connectivity index (χ0v) is 6.24. The number of nitrogens with one attached hydrogen (secondary N) is 2. The van der Waals surface area contributed by atoms with Crippen molar-refractivity contribution in [2.24, 2.45) is 0 Å². The molecule has 0 aromatic heterocycles. The van der Waals surface area contributed by atoms with Crippen molar-refractivity contribution < 1.29 is 4.74 Å². The first-order chi connectivity index (χ1) is 4.41. The van der Waals surface area contributed by atoms with E-state index in [0.29, 0.717) is 0 Å². The third-order valence-electron chi connectivity index (χ3n) is 0.993. The molecule has 0 saturated carbocycles. The molecule has 9 heavy (non-hydrogen) atoms. The molecule has 0 aromatic carbocycles. The van der Waals surface area contributed by atoms with Gasteiger partial charge < -0.3 is 15.4 Å². The number of hydrogen-bond donors (Lipinski definition) is 2. The van der Waals surface area contributed by atoms with E-state index < -0.39 is 0 Å². The lowest BCUT2D eigenvalue weighted by molar-refractivity contribution is 0.140. The topological polar surface area (TPSA) is 33.3 Å². The van der Waals surface area contributed by atoms with Crippen molar-refractivity contribution in [3.05, 3.63) is 0 Å². The van der Waals surface area contributed by atoms with Crippen molar-refractivity contribution in [3.63, 3.8) is 0 Å². The van der Waals surface area contributed by atoms with E-state index in [1.54, 1.807) is 0 Å². The molecule has 2 N–H and O–H groups in total. The zero-order chi connectivity index (χ0) is 6.95. The maximum Gasteiger partial charge on any atom is 0.0591 e. The van der Waals surface area contributed by atoms with Crippen LogP contribution in [0.5, 0.6) is 0 Å². The van der Waals surface area contributed by atoms with Gasteiger partial charge in [-0.2, -0.15) is 0 Å². The van der Waals surface area contributed by atoms with Crippen LogP contribution in [0.1, 0.15) is 0 Å². The minimum absolute atomic E-state index is 0.804. The Balaban J connectivity index is 2.60. The van der Waals surface area contributed by atoms with Crippen molar-refractivity contribution in [1.82, 2.24) is 10.6 Å². The Labute approximate surface area is 56.8 Å². The van der Waals surface area contributed by atoms with E-state index in [-0.39, 0.29) is 0 Å². The summed E-state index contributed by atoms with van der Waals surface area (Å²) in [5.41, 5.74) is 0. The van der Waals surface area contributed by atoms with E-state index >= 15 is 0 Å². The normalized spacial score (nSPS) is 10.0. The standard InChI is InChI=1S/C6H16N2O/c1-7-3-5-9-6-4-8-2/h7-8H,3-6H2,1-2H3. The minimum Gasteiger partial charge on any atom is -0.379 e. The summed E-state index contributed by atoms with van der Waals surface area (Å²) in [5, 5.41) is 6.00. The summed E-state index contributed by atoms with van der Waals surface area (Å²) < 4.78 is 5.19. The lowest BCUT2D eigenvalue weighted by Gasteiger charge is -2.01. The molecule has 0 radical (unpaired) electrons. The second-order valence-corrected chi connectivity index (χ2v) is 1.82. The van der Waals surface area contributed by atoms with Gasteiger partial charge in [0, 0.05) is 13.1 Å². The Bertz CT molecular complexity index is 44.3. The maximum atomic E-state index is 5.19. The van der Waals surface area contributed by atoms with E-state index in [0.717, 1.165) is 26.3 Å². The second kappa shape index (κ2) is 7.88. The van der Waals surface area contributed by atoms with Crippen LogP contribution in [0, 0.1) is 0 Å². The summed E-state index contributed by atoms with van der Waals surface area (Å²) in [5.74, 6) is 0. The highest BCUT2D eigenvalue weighted by atomic mass is 16.5. The summed E-state index contributed by atoms with van der Waals surface area (Å²) in [4.78, 5) is 0. The molecule has 56 valence electrons. The van der Waals surface area contributed by atoms with Crippen LogP contribution in [0.25, 0.3) is 0 Å². The van der Waals surface area contributed by atoms with Gasteiger partial charge >= 0.3 is 0 Å². The Morgan fingerprint density at radius 1 is 1.00 bits per heavy atom. The van der Waals surface area contributed by atoms with Crippen LogP contribution in [-0.2, 0) is 4.74 Å². The highest BCUT2D eigenvalue weighted by Crippen LogP contribution is 1.69. The summed E-state index contributed by atoms with van der Waals surface area (Å²) in [6.07, 6.45) is 0. The highest BCUT2D eigenvalue weighted by molar-refractivity contribution is 4.38. The molecule has 0 bridgehead atoms. The fourth-order valence-corrected chi connectivity index (χ4v) is 0.451. The lowest BCUT2D eigenvalue weighted by Crippen LogP contribution is -2.19. The summed E-state index contributed by atoms with van der Waals surface area (Å²) in [6.45, 7) is 3.48. The number of ether oxygens (including phenoxy) is 1. The van der Waals surface area contributed by atoms with E-state index in [2.05, 4.69) is 10.6 Å². The zero-order valence-electron chi connectivity index (χ0n) is 6.24. The van der Waals surface area contributed by atoms with Crippen LogP contribution in [-0.4, -0.2) is 40.4 Å². The second-order valence-electron chi connectivity index (χ2n) is 1.82. The van der Waals surface area contributed by atoms with Gasteiger partial charge in [-0.05, 0) is 14.1 Å². The molecule has 0 saturated heterocycles. The van der Waals surface area contributed by atoms with E-state index in [1.165, 1.54) is 0 Å². The lowest BCUT2D eigenvalue weighted by atomic mass is 10.6. The fourth-order valence-electron chi connectivity index (χ4n) is 0.451. The SMILES string of the molecule is CNCCOCCNC. The molecule has 0 aliphatic rings. The van der Waals surface area contributed by atoms with Crippen LogP contribution < -0.4 is 10.6 Å². The predicted octanol–water partition coefficient (Wildman–Crippen LogP) is -0.558. The van der Waals surface area contributed by atoms with Gasteiger partial charge in [0.25, 0.3) is 0 Å². The van der Waals surface area contributed by atoms with Crippen LogP contribution in [0.2, 0.25) is 0 Å². The van der Waals surface area contributed by atoms with Crippen molar-refractivity contribution in [1.29, 1.82) is 0 Å². The first kappa shape index (κ1) is 8.88. The van der Waals surface area contributed by atoms with Gasteiger partial charge in [-0.25, -0.2) is 0 Å². The molecule has 0 fully saturated rings. The molecule has 0 unspecified atom stereocenters. The Morgan fingerprint density at radius 2 is 1.44 bits per heavy atom. The largest absolute Gasteiger partial charge is 0.379 e. The highest BCUT2D eigenvalue weighted by Gasteiger charge is 1.83. The van der Waals surface area contributed by atoms with Crippen LogP contribution in [0.15, 0.2) is 0 Å². The molecule has 3 nitrogen and oxygen atoms in total. The molecule has 0 aliphatic carbocycles. The van der Waals surface area contributed by atoms with Crippen molar-refractivity contribution in [2.75, 3.05) is 40.4 Å². The minimum atomic E-state index is 0.804. The number of rotatable bonds is 6. The molecule has 0 rings (SSSR count). The van der Waals surface area contributed by atoms with E-state index in [4.69, 9.17) is 4.74 Å². The van der Waals surface area contributed by atoms with Gasteiger partial charge in [0.15, 0.2) is 0 Å². The van der Waals surface area contributed by atoms with Gasteiger partial charge in [0.2, 0.25) is 0 Å². The van der Waals surface area contributed by atoms with Gasteiger partial charge in [-0.3, -0.25) is 0 Å². The predicted molar refractivity (Wildman–Crippen MR) is 38.7 cm³/mol. The average molecular weight is 132 g/mol. The fraction of sp³-hybridized carbons (Fsp3) is 1.00. The molecule has 0 aliphatic heterocycles. The van der Waals surface area contributed by atoms with Gasteiger partial charge in [0.05, 0.1) is 13.2 Å².